The Balaban J connectivity index is 0.00000121. The number of hydrogen-bond donors (Lipinski definition) is 1. The number of halogens is 2. The van der Waals surface area contributed by atoms with E-state index in [2.05, 4.69) is 17.2 Å². The Morgan fingerprint density at radius 3 is 2.86 bits per heavy atom. The highest BCUT2D eigenvalue weighted by molar-refractivity contribution is 5.87. The van der Waals surface area contributed by atoms with Gasteiger partial charge in [0.2, 0.25) is 5.91 Å². The highest BCUT2D eigenvalue weighted by Crippen LogP contribution is 2.17. The van der Waals surface area contributed by atoms with Crippen molar-refractivity contribution in [2.75, 3.05) is 19.6 Å². The highest BCUT2D eigenvalue weighted by atomic mass is 35.5. The quantitative estimate of drug-likeness (QED) is 0.912. The van der Waals surface area contributed by atoms with Gasteiger partial charge < -0.3 is 10.2 Å². The largest absolute Gasteiger partial charge is 0.337 e. The molecule has 2 heterocycles. The SMILES string of the molecule is C[C@H]1CNCCN1C(=O)Cc1cccc2cccnc12.Cl.Cl. The third kappa shape index (κ3) is 3.88. The molecule has 0 aliphatic carbocycles. The van der Waals surface area contributed by atoms with Gasteiger partial charge in [-0.25, -0.2) is 0 Å². The number of amides is 1. The third-order valence-corrected chi connectivity index (χ3v) is 3.88. The lowest BCUT2D eigenvalue weighted by atomic mass is 10.1. The number of hydrogen-bond acceptors (Lipinski definition) is 3. The van der Waals surface area contributed by atoms with E-state index in [4.69, 9.17) is 0 Å². The van der Waals surface area contributed by atoms with E-state index in [0.717, 1.165) is 36.1 Å². The zero-order chi connectivity index (χ0) is 13.9. The Bertz CT molecular complexity index is 630. The van der Waals surface area contributed by atoms with Crippen molar-refractivity contribution in [2.24, 2.45) is 0 Å². The summed E-state index contributed by atoms with van der Waals surface area (Å²) in [6.07, 6.45) is 2.21. The van der Waals surface area contributed by atoms with E-state index in [0.29, 0.717) is 6.42 Å². The van der Waals surface area contributed by atoms with Gasteiger partial charge in [-0.05, 0) is 18.6 Å². The number of benzene rings is 1. The van der Waals surface area contributed by atoms with Gasteiger partial charge in [-0.15, -0.1) is 24.8 Å². The molecule has 0 spiro atoms. The minimum Gasteiger partial charge on any atom is -0.337 e. The predicted octanol–water partition coefficient (Wildman–Crippen LogP) is 2.44. The molecule has 0 saturated carbocycles. The number of pyridine rings is 1. The smallest absolute Gasteiger partial charge is 0.227 e. The summed E-state index contributed by atoms with van der Waals surface area (Å²) in [5, 5.41) is 4.40. The Labute approximate surface area is 143 Å². The summed E-state index contributed by atoms with van der Waals surface area (Å²) in [5.41, 5.74) is 1.95. The van der Waals surface area contributed by atoms with Crippen LogP contribution in [0.4, 0.5) is 0 Å². The van der Waals surface area contributed by atoms with Crippen molar-refractivity contribution >= 4 is 41.6 Å². The van der Waals surface area contributed by atoms with Gasteiger partial charge in [0.05, 0.1) is 11.9 Å². The van der Waals surface area contributed by atoms with Crippen LogP contribution in [0.3, 0.4) is 0 Å². The van der Waals surface area contributed by atoms with E-state index >= 15 is 0 Å². The summed E-state index contributed by atoms with van der Waals surface area (Å²) >= 11 is 0. The lowest BCUT2D eigenvalue weighted by Crippen LogP contribution is -2.52. The highest BCUT2D eigenvalue weighted by Gasteiger charge is 2.23. The van der Waals surface area contributed by atoms with Gasteiger partial charge in [0.25, 0.3) is 0 Å². The number of para-hydroxylation sites is 1. The van der Waals surface area contributed by atoms with Gasteiger partial charge in [0, 0.05) is 37.3 Å². The molecule has 2 aromatic rings. The molecule has 3 rings (SSSR count). The molecule has 1 aromatic heterocycles. The maximum Gasteiger partial charge on any atom is 0.227 e. The van der Waals surface area contributed by atoms with Crippen molar-refractivity contribution in [1.29, 1.82) is 0 Å². The normalized spacial score (nSPS) is 17.5. The van der Waals surface area contributed by atoms with Crippen LogP contribution in [0, 0.1) is 0 Å². The van der Waals surface area contributed by atoms with Gasteiger partial charge in [-0.1, -0.05) is 24.3 Å². The van der Waals surface area contributed by atoms with Gasteiger partial charge >= 0.3 is 0 Å². The number of aromatic nitrogens is 1. The summed E-state index contributed by atoms with van der Waals surface area (Å²) in [6.45, 7) is 4.63. The first-order valence-corrected chi connectivity index (χ1v) is 7.08. The topological polar surface area (TPSA) is 45.2 Å². The van der Waals surface area contributed by atoms with E-state index in [-0.39, 0.29) is 36.8 Å². The summed E-state index contributed by atoms with van der Waals surface area (Å²) in [6, 6.07) is 10.2. The molecule has 0 unspecified atom stereocenters. The zero-order valence-corrected chi connectivity index (χ0v) is 14.1. The number of fused-ring (bicyclic) bond motifs is 1. The van der Waals surface area contributed by atoms with Crippen molar-refractivity contribution < 1.29 is 4.79 Å². The Kier molecular flexibility index (Phi) is 7.07. The van der Waals surface area contributed by atoms with Crippen LogP contribution >= 0.6 is 24.8 Å². The van der Waals surface area contributed by atoms with E-state index in [1.807, 2.05) is 35.2 Å². The number of nitrogens with one attached hydrogen (secondary N) is 1. The first kappa shape index (κ1) is 18.7. The van der Waals surface area contributed by atoms with Crippen molar-refractivity contribution in [1.82, 2.24) is 15.2 Å². The summed E-state index contributed by atoms with van der Waals surface area (Å²) in [4.78, 5) is 18.9. The lowest BCUT2D eigenvalue weighted by molar-refractivity contribution is -0.133. The molecule has 22 heavy (non-hydrogen) atoms. The molecule has 6 heteroatoms. The molecule has 1 aromatic carbocycles. The van der Waals surface area contributed by atoms with Crippen molar-refractivity contribution in [3.05, 3.63) is 42.1 Å². The second kappa shape index (κ2) is 8.32. The van der Waals surface area contributed by atoms with Crippen LogP contribution in [-0.2, 0) is 11.2 Å². The van der Waals surface area contributed by atoms with E-state index in [1.54, 1.807) is 6.20 Å². The van der Waals surface area contributed by atoms with Crippen LogP contribution in [0.2, 0.25) is 0 Å². The van der Waals surface area contributed by atoms with Gasteiger partial charge in [0.1, 0.15) is 0 Å². The first-order chi connectivity index (χ1) is 9.75. The number of piperazine rings is 1. The number of carbonyl (C=O) groups is 1. The standard InChI is InChI=1S/C16H19N3O.2ClH/c1-12-11-17-8-9-19(12)15(20)10-14-5-2-4-13-6-3-7-18-16(13)14;;/h2-7,12,17H,8-11H2,1H3;2*1H/t12-;;/m0../s1. The molecule has 4 nitrogen and oxygen atoms in total. The van der Waals surface area contributed by atoms with E-state index < -0.39 is 0 Å². The summed E-state index contributed by atoms with van der Waals surface area (Å²) in [7, 11) is 0. The van der Waals surface area contributed by atoms with Crippen molar-refractivity contribution in [2.45, 2.75) is 19.4 Å². The molecule has 0 radical (unpaired) electrons. The fourth-order valence-electron chi connectivity index (χ4n) is 2.79. The molecule has 1 N–H and O–H groups in total. The van der Waals surface area contributed by atoms with Gasteiger partial charge in [0.15, 0.2) is 0 Å². The van der Waals surface area contributed by atoms with Gasteiger partial charge in [-0.2, -0.15) is 0 Å². The van der Waals surface area contributed by atoms with Crippen molar-refractivity contribution in [3.63, 3.8) is 0 Å². The molecular formula is C16H21Cl2N3O. The lowest BCUT2D eigenvalue weighted by Gasteiger charge is -2.34. The minimum absolute atomic E-state index is 0. The van der Waals surface area contributed by atoms with Crippen LogP contribution in [0.25, 0.3) is 10.9 Å². The Hall–Kier alpha value is -1.36. The predicted molar refractivity (Wildman–Crippen MR) is 94.0 cm³/mol. The second-order valence-corrected chi connectivity index (χ2v) is 5.31. The molecule has 1 aliphatic rings. The Morgan fingerprint density at radius 2 is 2.09 bits per heavy atom. The average Bonchev–Trinajstić information content (AvgIpc) is 2.48. The van der Waals surface area contributed by atoms with Crippen LogP contribution < -0.4 is 5.32 Å². The molecule has 0 bridgehead atoms. The maximum atomic E-state index is 12.5. The van der Waals surface area contributed by atoms with Crippen LogP contribution in [0.5, 0.6) is 0 Å². The third-order valence-electron chi connectivity index (χ3n) is 3.88. The molecule has 120 valence electrons. The van der Waals surface area contributed by atoms with E-state index in [1.165, 1.54) is 0 Å². The number of carbonyl (C=O) groups excluding carboxylic acids is 1. The van der Waals surface area contributed by atoms with Crippen LogP contribution in [-0.4, -0.2) is 41.5 Å². The van der Waals surface area contributed by atoms with E-state index in [9.17, 15) is 4.79 Å². The first-order valence-electron chi connectivity index (χ1n) is 7.08. The molecule has 1 fully saturated rings. The average molecular weight is 342 g/mol. The fraction of sp³-hybridized carbons (Fsp3) is 0.375. The second-order valence-electron chi connectivity index (χ2n) is 5.31. The Morgan fingerprint density at radius 1 is 1.32 bits per heavy atom. The molecular weight excluding hydrogens is 321 g/mol. The summed E-state index contributed by atoms with van der Waals surface area (Å²) in [5.74, 6) is 0.192. The molecule has 1 aliphatic heterocycles. The zero-order valence-electron chi connectivity index (χ0n) is 12.5. The molecule has 1 atom stereocenters. The van der Waals surface area contributed by atoms with Crippen LogP contribution in [0.15, 0.2) is 36.5 Å². The number of nitrogens with zero attached hydrogens (tertiary/aromatic N) is 2. The summed E-state index contributed by atoms with van der Waals surface area (Å²) < 4.78 is 0. The van der Waals surface area contributed by atoms with Gasteiger partial charge in [-0.3, -0.25) is 9.78 Å². The van der Waals surface area contributed by atoms with Crippen LogP contribution in [0.1, 0.15) is 12.5 Å². The maximum absolute atomic E-state index is 12.5. The monoisotopic (exact) mass is 341 g/mol. The number of rotatable bonds is 2. The molecule has 1 amide bonds. The fourth-order valence-corrected chi connectivity index (χ4v) is 2.79. The minimum atomic E-state index is 0. The van der Waals surface area contributed by atoms with Crippen molar-refractivity contribution in [3.8, 4) is 0 Å². The molecule has 1 saturated heterocycles.